The van der Waals surface area contributed by atoms with Crippen molar-refractivity contribution in [2.24, 2.45) is 0 Å². The van der Waals surface area contributed by atoms with Gasteiger partial charge in [0.2, 0.25) is 0 Å². The quantitative estimate of drug-likeness (QED) is 0.308. The fourth-order valence-electron chi connectivity index (χ4n) is 2.25. The largest absolute Gasteiger partial charge is 0.381 e. The van der Waals surface area contributed by atoms with Crippen LogP contribution in [0.15, 0.2) is 12.2 Å². The monoisotopic (exact) mass is 332 g/mol. The third kappa shape index (κ3) is 6.16. The van der Waals surface area contributed by atoms with Crippen molar-refractivity contribution in [3.8, 4) is 0 Å². The lowest BCUT2D eigenvalue weighted by Gasteiger charge is -2.29. The molecule has 1 fully saturated rings. The van der Waals surface area contributed by atoms with Crippen molar-refractivity contribution >= 4 is 7.60 Å². The van der Waals surface area contributed by atoms with Gasteiger partial charge in [-0.05, 0) is 53.4 Å². The Balaban J connectivity index is 2.11. The Hall–Kier alpha value is -0.150. The van der Waals surface area contributed by atoms with Crippen LogP contribution in [0.3, 0.4) is 0 Å². The van der Waals surface area contributed by atoms with Crippen LogP contribution in [0.1, 0.15) is 66.7 Å². The zero-order valence-corrected chi connectivity index (χ0v) is 15.8. The Morgan fingerprint density at radius 3 is 2.18 bits per heavy atom. The second-order valence-corrected chi connectivity index (χ2v) is 8.91. The van der Waals surface area contributed by atoms with Gasteiger partial charge >= 0.3 is 7.60 Å². The van der Waals surface area contributed by atoms with Crippen molar-refractivity contribution in [3.63, 3.8) is 0 Å². The van der Waals surface area contributed by atoms with Crippen LogP contribution in [0.2, 0.25) is 0 Å². The van der Waals surface area contributed by atoms with Crippen LogP contribution in [-0.2, 0) is 18.3 Å². The first-order chi connectivity index (χ1) is 10.2. The Labute approximate surface area is 136 Å². The zero-order valence-electron chi connectivity index (χ0n) is 14.9. The van der Waals surface area contributed by atoms with Gasteiger partial charge in [-0.3, -0.25) is 13.6 Å². The Kier molecular flexibility index (Phi) is 7.81. The molecule has 0 aromatic rings. The van der Waals surface area contributed by atoms with Crippen molar-refractivity contribution in [2.75, 3.05) is 19.4 Å². The molecule has 1 rings (SSSR count). The SMILES string of the molecule is CC/C=C\CCOCCCCCP1(=O)OC(C)(C)C(C)(C)O1. The number of hydrogen-bond acceptors (Lipinski definition) is 4. The number of allylic oxidation sites excluding steroid dienone is 1. The van der Waals surface area contributed by atoms with Crippen molar-refractivity contribution in [1.29, 1.82) is 0 Å². The second-order valence-electron chi connectivity index (χ2n) is 6.88. The van der Waals surface area contributed by atoms with Crippen LogP contribution < -0.4 is 0 Å². The van der Waals surface area contributed by atoms with E-state index in [0.29, 0.717) is 6.16 Å². The molecular formula is C17H33O4P. The van der Waals surface area contributed by atoms with Crippen molar-refractivity contribution < 1.29 is 18.3 Å². The van der Waals surface area contributed by atoms with Crippen molar-refractivity contribution in [1.82, 2.24) is 0 Å². The lowest BCUT2D eigenvalue weighted by Crippen LogP contribution is -2.41. The molecule has 1 aliphatic heterocycles. The molecule has 5 heteroatoms. The summed E-state index contributed by atoms with van der Waals surface area (Å²) in [6, 6.07) is 0. The summed E-state index contributed by atoms with van der Waals surface area (Å²) < 4.78 is 29.6. The van der Waals surface area contributed by atoms with Gasteiger partial charge in [0.15, 0.2) is 0 Å². The van der Waals surface area contributed by atoms with Crippen LogP contribution in [0.25, 0.3) is 0 Å². The molecule has 0 aromatic carbocycles. The van der Waals surface area contributed by atoms with E-state index < -0.39 is 18.8 Å². The van der Waals surface area contributed by atoms with E-state index in [1.54, 1.807) is 0 Å². The molecule has 130 valence electrons. The van der Waals surface area contributed by atoms with Gasteiger partial charge in [0.1, 0.15) is 11.2 Å². The molecule has 0 atom stereocenters. The standard InChI is InChI=1S/C17H33O4P/c1-6-7-8-10-13-19-14-11-9-12-15-22(18)20-16(2,3)17(4,5)21-22/h7-8H,6,9-15H2,1-5H3/b8-7-. The molecule has 0 amide bonds. The fraction of sp³-hybridized carbons (Fsp3) is 0.882. The molecule has 0 aliphatic carbocycles. The van der Waals surface area contributed by atoms with Crippen molar-refractivity contribution in [2.45, 2.75) is 77.9 Å². The first-order valence-corrected chi connectivity index (χ1v) is 10.2. The van der Waals surface area contributed by atoms with Crippen LogP contribution in [0.5, 0.6) is 0 Å². The Bertz CT molecular complexity index is 381. The van der Waals surface area contributed by atoms with Gasteiger partial charge in [-0.15, -0.1) is 0 Å². The summed E-state index contributed by atoms with van der Waals surface area (Å²) in [5.74, 6) is 0. The van der Waals surface area contributed by atoms with Crippen LogP contribution in [-0.4, -0.2) is 30.6 Å². The third-order valence-corrected chi connectivity index (χ3v) is 6.57. The molecule has 1 aliphatic rings. The molecule has 0 saturated carbocycles. The van der Waals surface area contributed by atoms with Crippen LogP contribution in [0.4, 0.5) is 0 Å². The average molecular weight is 332 g/mol. The van der Waals surface area contributed by atoms with E-state index in [-0.39, 0.29) is 0 Å². The number of hydrogen-bond donors (Lipinski definition) is 0. The maximum absolute atomic E-state index is 12.6. The maximum atomic E-state index is 12.6. The lowest BCUT2D eigenvalue weighted by atomic mass is 9.90. The highest BCUT2D eigenvalue weighted by Gasteiger charge is 2.54. The van der Waals surface area contributed by atoms with Crippen LogP contribution >= 0.6 is 7.60 Å². The van der Waals surface area contributed by atoms with Gasteiger partial charge in [-0.25, -0.2) is 0 Å². The predicted octanol–water partition coefficient (Wildman–Crippen LogP) is 5.33. The van der Waals surface area contributed by atoms with E-state index >= 15 is 0 Å². The van der Waals surface area contributed by atoms with E-state index in [2.05, 4.69) is 19.1 Å². The number of ether oxygens (including phenoxy) is 1. The predicted molar refractivity (Wildman–Crippen MR) is 91.5 cm³/mol. The molecule has 1 heterocycles. The van der Waals surface area contributed by atoms with E-state index in [9.17, 15) is 4.57 Å². The summed E-state index contributed by atoms with van der Waals surface area (Å²) >= 11 is 0. The zero-order chi connectivity index (χ0) is 16.7. The Morgan fingerprint density at radius 1 is 0.955 bits per heavy atom. The first-order valence-electron chi connectivity index (χ1n) is 8.46. The molecule has 0 spiro atoms. The van der Waals surface area contributed by atoms with Crippen molar-refractivity contribution in [3.05, 3.63) is 12.2 Å². The number of unbranched alkanes of at least 4 members (excludes halogenated alkanes) is 2. The Morgan fingerprint density at radius 2 is 1.59 bits per heavy atom. The van der Waals surface area contributed by atoms with E-state index in [1.165, 1.54) is 0 Å². The molecule has 4 nitrogen and oxygen atoms in total. The molecular weight excluding hydrogens is 299 g/mol. The smallest absolute Gasteiger partial charge is 0.331 e. The summed E-state index contributed by atoms with van der Waals surface area (Å²) in [5.41, 5.74) is -1.00. The maximum Gasteiger partial charge on any atom is 0.331 e. The second kappa shape index (κ2) is 8.63. The molecule has 0 unspecified atom stereocenters. The minimum atomic E-state index is -2.94. The van der Waals surface area contributed by atoms with Gasteiger partial charge in [0.05, 0.1) is 12.8 Å². The molecule has 22 heavy (non-hydrogen) atoms. The van der Waals surface area contributed by atoms with E-state index in [4.69, 9.17) is 13.8 Å². The first kappa shape index (κ1) is 19.9. The number of rotatable bonds is 10. The fourth-order valence-corrected chi connectivity index (χ4v) is 4.91. The minimum absolute atomic E-state index is 0.499. The summed E-state index contributed by atoms with van der Waals surface area (Å²) in [7, 11) is -2.94. The summed E-state index contributed by atoms with van der Waals surface area (Å²) in [5, 5.41) is 0. The molecule has 0 radical (unpaired) electrons. The van der Waals surface area contributed by atoms with Gasteiger partial charge in [-0.2, -0.15) is 0 Å². The highest BCUT2D eigenvalue weighted by Crippen LogP contribution is 2.64. The van der Waals surface area contributed by atoms with Gasteiger partial charge in [0, 0.05) is 6.61 Å². The molecule has 0 bridgehead atoms. The summed E-state index contributed by atoms with van der Waals surface area (Å²) in [6.45, 7) is 11.4. The van der Waals surface area contributed by atoms with Gasteiger partial charge in [0.25, 0.3) is 0 Å². The highest BCUT2D eigenvalue weighted by atomic mass is 31.2. The molecule has 0 aromatic heterocycles. The summed E-state index contributed by atoms with van der Waals surface area (Å²) in [4.78, 5) is 0. The highest BCUT2D eigenvalue weighted by molar-refractivity contribution is 7.54. The minimum Gasteiger partial charge on any atom is -0.381 e. The molecule has 1 saturated heterocycles. The summed E-state index contributed by atoms with van der Waals surface area (Å²) in [6.07, 6.45) is 9.70. The van der Waals surface area contributed by atoms with Gasteiger partial charge < -0.3 is 4.74 Å². The average Bonchev–Trinajstić information content (AvgIpc) is 2.56. The topological polar surface area (TPSA) is 44.8 Å². The van der Waals surface area contributed by atoms with E-state index in [1.807, 2.05) is 27.7 Å². The lowest BCUT2D eigenvalue weighted by molar-refractivity contribution is 0.00578. The third-order valence-electron chi connectivity index (χ3n) is 4.24. The van der Waals surface area contributed by atoms with E-state index in [0.717, 1.165) is 45.3 Å². The molecule has 0 N–H and O–H groups in total. The normalized spacial score (nSPS) is 22.4. The van der Waals surface area contributed by atoms with Crippen LogP contribution in [0, 0.1) is 0 Å². The van der Waals surface area contributed by atoms with Gasteiger partial charge in [-0.1, -0.05) is 25.5 Å².